The molecule has 10 nitrogen and oxygen atoms in total. The van der Waals surface area contributed by atoms with Crippen molar-refractivity contribution in [3.63, 3.8) is 0 Å². The normalized spacial score (nSPS) is 18.9. The number of hydrogen-bond acceptors (Lipinski definition) is 8. The highest BCUT2D eigenvalue weighted by atomic mass is 16.6. The van der Waals surface area contributed by atoms with Gasteiger partial charge in [0.1, 0.15) is 23.2 Å². The first-order chi connectivity index (χ1) is 22.3. The number of nitriles is 1. The number of carbonyl (C=O) groups is 3. The number of aromatic nitrogens is 1. The zero-order chi connectivity index (χ0) is 34.1. The molecule has 1 aromatic heterocycles. The van der Waals surface area contributed by atoms with E-state index in [4.69, 9.17) is 30.2 Å². The predicted molar refractivity (Wildman–Crippen MR) is 179 cm³/mol. The second-order valence-electron chi connectivity index (χ2n) is 14.0. The van der Waals surface area contributed by atoms with Crippen LogP contribution in [0.1, 0.15) is 115 Å². The Morgan fingerprint density at radius 1 is 1.09 bits per heavy atom. The zero-order valence-corrected chi connectivity index (χ0v) is 28.4. The molecule has 10 heteroatoms. The lowest BCUT2D eigenvalue weighted by atomic mass is 9.92. The number of primary amides is 1. The van der Waals surface area contributed by atoms with Crippen molar-refractivity contribution >= 4 is 28.6 Å². The van der Waals surface area contributed by atoms with Gasteiger partial charge in [-0.25, -0.2) is 9.78 Å². The summed E-state index contributed by atoms with van der Waals surface area (Å²) in [6, 6.07) is 5.44. The van der Waals surface area contributed by atoms with Crippen molar-refractivity contribution in [1.82, 2.24) is 9.88 Å². The Bertz CT molecular complexity index is 1550. The largest absolute Gasteiger partial charge is 0.490 e. The number of ketones is 1. The van der Waals surface area contributed by atoms with E-state index in [2.05, 4.69) is 11.8 Å². The number of nitrogens with zero attached hydrogens (tertiary/aromatic N) is 3. The number of pyridine rings is 1. The smallest absolute Gasteiger partial charge is 0.410 e. The molecular weight excluding hydrogens is 596 g/mol. The Labute approximate surface area is 278 Å². The third-order valence-corrected chi connectivity index (χ3v) is 8.51. The first-order valence-electron chi connectivity index (χ1n) is 16.8. The first kappa shape index (κ1) is 35.5. The molecule has 2 fully saturated rings. The zero-order valence-electron chi connectivity index (χ0n) is 28.4. The fourth-order valence-electron chi connectivity index (χ4n) is 6.17. The second-order valence-corrected chi connectivity index (χ2v) is 14.0. The van der Waals surface area contributed by atoms with Crippen molar-refractivity contribution in [2.75, 3.05) is 13.1 Å². The molecule has 2 amide bonds. The summed E-state index contributed by atoms with van der Waals surface area (Å²) in [5.41, 5.74) is 6.16. The van der Waals surface area contributed by atoms with Crippen molar-refractivity contribution < 1.29 is 28.6 Å². The number of hydrogen-bond donors (Lipinski definition) is 1. The number of likely N-dealkylation sites (tertiary alicyclic amines) is 1. The summed E-state index contributed by atoms with van der Waals surface area (Å²) in [6.45, 7) is 10.5. The lowest BCUT2D eigenvalue weighted by Gasteiger charge is -2.31. The highest BCUT2D eigenvalue weighted by Gasteiger charge is 2.27. The summed E-state index contributed by atoms with van der Waals surface area (Å²) >= 11 is 0. The lowest BCUT2D eigenvalue weighted by molar-refractivity contribution is -0.118. The topological polar surface area (TPSA) is 145 Å². The van der Waals surface area contributed by atoms with Gasteiger partial charge in [0.15, 0.2) is 0 Å². The summed E-state index contributed by atoms with van der Waals surface area (Å²) in [5, 5.41) is 10.2. The maximum atomic E-state index is 12.5. The standard InChI is InChI=1S/C37H48N4O6/c1-24(2)45-33-22-31-30(21-32(33)34(39)43)27(12-10-25-15-18-41(19-16-25)36(44)47-37(3,4)5)23-40-35(31)46-29-9-7-6-8-26(20-29)11-13-28(42)14-17-38/h21-26,29H,6-9,11,13-16,18-20H2,1-5H3,(H2,39,43)/t26?,29-/m1/s1. The number of ether oxygens (including phenoxy) is 3. The van der Waals surface area contributed by atoms with Gasteiger partial charge < -0.3 is 24.8 Å². The van der Waals surface area contributed by atoms with Crippen LogP contribution < -0.4 is 15.2 Å². The summed E-state index contributed by atoms with van der Waals surface area (Å²) in [4.78, 5) is 43.5. The van der Waals surface area contributed by atoms with Gasteiger partial charge in [0.25, 0.3) is 5.91 Å². The van der Waals surface area contributed by atoms with Crippen LogP contribution in [-0.4, -0.2) is 58.6 Å². The number of nitrogens with two attached hydrogens (primary N) is 1. The van der Waals surface area contributed by atoms with Crippen LogP contribution in [0.5, 0.6) is 11.6 Å². The average Bonchev–Trinajstić information content (AvgIpc) is 3.23. The molecule has 1 aliphatic heterocycles. The minimum absolute atomic E-state index is 0.0184. The molecule has 0 radical (unpaired) electrons. The fourth-order valence-corrected chi connectivity index (χ4v) is 6.17. The highest BCUT2D eigenvalue weighted by Crippen LogP contribution is 2.36. The van der Waals surface area contributed by atoms with Gasteiger partial charge in [-0.3, -0.25) is 9.59 Å². The minimum atomic E-state index is -0.604. The number of benzene rings is 1. The van der Waals surface area contributed by atoms with Crippen LogP contribution in [0.15, 0.2) is 18.3 Å². The monoisotopic (exact) mass is 644 g/mol. The van der Waals surface area contributed by atoms with Gasteiger partial charge in [-0.05, 0) is 91.2 Å². The number of Topliss-reactive ketones (excluding diaryl/α,β-unsaturated/α-hetero) is 1. The highest BCUT2D eigenvalue weighted by molar-refractivity contribution is 6.03. The molecule has 2 N–H and O–H groups in total. The number of rotatable bonds is 9. The van der Waals surface area contributed by atoms with Crippen LogP contribution in [0.2, 0.25) is 0 Å². The Hall–Kier alpha value is -4.31. The van der Waals surface area contributed by atoms with Gasteiger partial charge in [-0.1, -0.05) is 24.7 Å². The van der Waals surface area contributed by atoms with Crippen LogP contribution >= 0.6 is 0 Å². The van der Waals surface area contributed by atoms with E-state index in [0.717, 1.165) is 51.4 Å². The molecule has 4 rings (SSSR count). The van der Waals surface area contributed by atoms with Crippen LogP contribution in [0.4, 0.5) is 4.79 Å². The molecule has 1 aromatic carbocycles. The number of fused-ring (bicyclic) bond motifs is 1. The Kier molecular flexibility index (Phi) is 12.1. The first-order valence-corrected chi connectivity index (χ1v) is 16.8. The van der Waals surface area contributed by atoms with E-state index in [9.17, 15) is 14.4 Å². The average molecular weight is 645 g/mol. The van der Waals surface area contributed by atoms with Gasteiger partial charge in [0.05, 0.1) is 29.7 Å². The molecule has 1 aliphatic carbocycles. The van der Waals surface area contributed by atoms with Crippen LogP contribution in [0.25, 0.3) is 10.8 Å². The van der Waals surface area contributed by atoms with E-state index in [0.29, 0.717) is 53.4 Å². The third-order valence-electron chi connectivity index (χ3n) is 8.51. The Balaban J connectivity index is 1.60. The van der Waals surface area contributed by atoms with Crippen LogP contribution in [0, 0.1) is 35.0 Å². The van der Waals surface area contributed by atoms with Crippen molar-refractivity contribution in [1.29, 1.82) is 5.26 Å². The molecule has 2 aliphatic rings. The molecule has 1 unspecified atom stereocenters. The van der Waals surface area contributed by atoms with Crippen molar-refractivity contribution in [2.45, 2.75) is 117 Å². The van der Waals surface area contributed by atoms with Crippen molar-refractivity contribution in [3.8, 4) is 29.5 Å². The molecule has 2 aromatic rings. The SMILES string of the molecule is CC(C)Oc1cc2c(O[C@@H]3CCCCC(CCC(=O)CC#N)C3)ncc(C#CC3CCN(C(=O)OC(C)(C)C)CC3)c2cc1C(N)=O. The fraction of sp³-hybridized carbons (Fsp3) is 0.595. The number of carbonyl (C=O) groups excluding carboxylic acids is 3. The predicted octanol–water partition coefficient (Wildman–Crippen LogP) is 6.71. The maximum absolute atomic E-state index is 12.5. The third kappa shape index (κ3) is 10.3. The minimum Gasteiger partial charge on any atom is -0.490 e. The summed E-state index contributed by atoms with van der Waals surface area (Å²) < 4.78 is 18.1. The van der Waals surface area contributed by atoms with Crippen LogP contribution in [-0.2, 0) is 9.53 Å². The Morgan fingerprint density at radius 2 is 1.81 bits per heavy atom. The van der Waals surface area contributed by atoms with E-state index in [1.165, 1.54) is 0 Å². The number of piperidine rings is 1. The van der Waals surface area contributed by atoms with Gasteiger partial charge in [0.2, 0.25) is 5.88 Å². The molecule has 0 bridgehead atoms. The molecular formula is C37H48N4O6. The molecule has 2 atom stereocenters. The van der Waals surface area contributed by atoms with Crippen molar-refractivity contribution in [2.24, 2.45) is 17.6 Å². The van der Waals surface area contributed by atoms with Crippen LogP contribution in [0.3, 0.4) is 0 Å². The van der Waals surface area contributed by atoms with E-state index >= 15 is 0 Å². The molecule has 47 heavy (non-hydrogen) atoms. The number of amides is 2. The van der Waals surface area contributed by atoms with E-state index in [1.54, 1.807) is 23.2 Å². The van der Waals surface area contributed by atoms with Gasteiger partial charge in [-0.2, -0.15) is 5.26 Å². The van der Waals surface area contributed by atoms with Gasteiger partial charge >= 0.3 is 6.09 Å². The lowest BCUT2D eigenvalue weighted by Crippen LogP contribution is -2.41. The molecule has 1 saturated heterocycles. The quantitative estimate of drug-likeness (QED) is 0.234. The van der Waals surface area contributed by atoms with E-state index in [1.807, 2.05) is 40.7 Å². The summed E-state index contributed by atoms with van der Waals surface area (Å²) in [5.74, 6) is 7.26. The molecule has 1 saturated carbocycles. The maximum Gasteiger partial charge on any atom is 0.410 e. The van der Waals surface area contributed by atoms with Gasteiger partial charge in [-0.15, -0.1) is 0 Å². The molecule has 252 valence electrons. The van der Waals surface area contributed by atoms with Gasteiger partial charge in [0, 0.05) is 42.4 Å². The Morgan fingerprint density at radius 3 is 2.47 bits per heavy atom. The summed E-state index contributed by atoms with van der Waals surface area (Å²) in [6.07, 6.45) is 8.40. The second kappa shape index (κ2) is 16.0. The summed E-state index contributed by atoms with van der Waals surface area (Å²) in [7, 11) is 0. The molecule has 2 heterocycles. The molecule has 0 spiro atoms. The van der Waals surface area contributed by atoms with E-state index in [-0.39, 0.29) is 42.0 Å². The van der Waals surface area contributed by atoms with Crippen molar-refractivity contribution in [3.05, 3.63) is 29.5 Å². The van der Waals surface area contributed by atoms with E-state index < -0.39 is 11.5 Å².